The van der Waals surface area contributed by atoms with E-state index in [1.165, 1.54) is 4.31 Å². The van der Waals surface area contributed by atoms with E-state index in [1.54, 1.807) is 24.3 Å². The highest BCUT2D eigenvalue weighted by atomic mass is 35.5. The lowest BCUT2D eigenvalue weighted by atomic mass is 10.1. The van der Waals surface area contributed by atoms with E-state index < -0.39 is 10.0 Å². The number of nitrogens with one attached hydrogen (secondary N) is 1. The maximum absolute atomic E-state index is 12.6. The summed E-state index contributed by atoms with van der Waals surface area (Å²) in [7, 11) is -3.46. The van der Waals surface area contributed by atoms with Gasteiger partial charge in [0.05, 0.1) is 18.1 Å². The number of ether oxygens (including phenoxy) is 1. The molecule has 7 nitrogen and oxygen atoms in total. The van der Waals surface area contributed by atoms with Crippen molar-refractivity contribution in [2.45, 2.75) is 30.7 Å². The van der Waals surface area contributed by atoms with Gasteiger partial charge >= 0.3 is 0 Å². The third kappa shape index (κ3) is 5.65. The summed E-state index contributed by atoms with van der Waals surface area (Å²) in [6.07, 6.45) is 1.07. The predicted molar refractivity (Wildman–Crippen MR) is 106 cm³/mol. The van der Waals surface area contributed by atoms with Gasteiger partial charge in [-0.15, -0.1) is 12.4 Å². The first-order valence-electron chi connectivity index (χ1n) is 9.15. The van der Waals surface area contributed by atoms with Crippen LogP contribution in [0.2, 0.25) is 0 Å². The zero-order chi connectivity index (χ0) is 18.6. The second-order valence-electron chi connectivity index (χ2n) is 6.86. The van der Waals surface area contributed by atoms with Crippen LogP contribution in [0.4, 0.5) is 0 Å². The predicted octanol–water partition coefficient (Wildman–Crippen LogP) is 0.882. The smallest absolute Gasteiger partial charge is 0.243 e. The molecule has 0 radical (unpaired) electrons. The number of rotatable bonds is 5. The van der Waals surface area contributed by atoms with E-state index in [9.17, 15) is 13.2 Å². The van der Waals surface area contributed by atoms with Crippen molar-refractivity contribution >= 4 is 28.3 Å². The molecule has 0 spiro atoms. The van der Waals surface area contributed by atoms with Crippen LogP contribution in [-0.2, 0) is 26.0 Å². The summed E-state index contributed by atoms with van der Waals surface area (Å²) in [6.45, 7) is 6.06. The van der Waals surface area contributed by atoms with E-state index in [0.29, 0.717) is 50.1 Å². The van der Waals surface area contributed by atoms with E-state index >= 15 is 0 Å². The molecular formula is C18H28ClN3O4S. The van der Waals surface area contributed by atoms with Crippen LogP contribution in [0.15, 0.2) is 29.2 Å². The van der Waals surface area contributed by atoms with Gasteiger partial charge in [-0.25, -0.2) is 8.42 Å². The minimum absolute atomic E-state index is 0. The Labute approximate surface area is 167 Å². The summed E-state index contributed by atoms with van der Waals surface area (Å²) in [4.78, 5) is 14.5. The summed E-state index contributed by atoms with van der Waals surface area (Å²) in [5.41, 5.74) is 0.975. The fraction of sp³-hybridized carbons (Fsp3) is 0.611. The number of carbonyl (C=O) groups excluding carboxylic acids is 1. The van der Waals surface area contributed by atoms with Crippen LogP contribution in [0, 0.1) is 0 Å². The molecule has 1 aromatic carbocycles. The Morgan fingerprint density at radius 2 is 1.85 bits per heavy atom. The van der Waals surface area contributed by atoms with Crippen molar-refractivity contribution in [1.29, 1.82) is 0 Å². The van der Waals surface area contributed by atoms with Gasteiger partial charge in [0.1, 0.15) is 0 Å². The first-order chi connectivity index (χ1) is 12.5. The number of piperazine rings is 1. The number of halogens is 1. The first-order valence-corrected chi connectivity index (χ1v) is 10.6. The second-order valence-corrected chi connectivity index (χ2v) is 8.79. The number of morpholine rings is 1. The molecule has 2 aliphatic heterocycles. The molecule has 0 aliphatic carbocycles. The standard InChI is InChI=1S/C18H27N3O4S.ClH/c1-15-14-20(9-8-19-15)18(22)7-4-16-2-5-17(6-3-16)26(23,24)21-10-12-25-13-11-21;/h2-3,5-6,15,19H,4,7-14H2,1H3;1H. The summed E-state index contributed by atoms with van der Waals surface area (Å²) in [5.74, 6) is 0.156. The van der Waals surface area contributed by atoms with Gasteiger partial charge in [0.15, 0.2) is 0 Å². The minimum atomic E-state index is -3.46. The van der Waals surface area contributed by atoms with Crippen molar-refractivity contribution in [3.63, 3.8) is 0 Å². The molecule has 1 aromatic rings. The van der Waals surface area contributed by atoms with Crippen molar-refractivity contribution < 1.29 is 17.9 Å². The summed E-state index contributed by atoms with van der Waals surface area (Å²) >= 11 is 0. The highest BCUT2D eigenvalue weighted by Crippen LogP contribution is 2.18. The van der Waals surface area contributed by atoms with E-state index in [-0.39, 0.29) is 18.3 Å². The summed E-state index contributed by atoms with van der Waals surface area (Å²) < 4.78 is 31.9. The van der Waals surface area contributed by atoms with Gasteiger partial charge in [0.25, 0.3) is 0 Å². The molecule has 9 heteroatoms. The average molecular weight is 418 g/mol. The van der Waals surface area contributed by atoms with Crippen LogP contribution in [0.5, 0.6) is 0 Å². The molecule has 2 heterocycles. The van der Waals surface area contributed by atoms with Crippen LogP contribution in [-0.4, -0.2) is 75.5 Å². The lowest BCUT2D eigenvalue weighted by Gasteiger charge is -2.32. The van der Waals surface area contributed by atoms with E-state index in [2.05, 4.69) is 12.2 Å². The summed E-state index contributed by atoms with van der Waals surface area (Å²) in [6, 6.07) is 7.22. The van der Waals surface area contributed by atoms with E-state index in [1.807, 2.05) is 4.90 Å². The zero-order valence-corrected chi connectivity index (χ0v) is 17.2. The van der Waals surface area contributed by atoms with Crippen molar-refractivity contribution in [3.05, 3.63) is 29.8 Å². The SMILES string of the molecule is CC1CN(C(=O)CCc2ccc(S(=O)(=O)N3CCOCC3)cc2)CCN1.Cl. The van der Waals surface area contributed by atoms with Crippen molar-refractivity contribution in [3.8, 4) is 0 Å². The molecule has 1 N–H and O–H groups in total. The Kier molecular flexibility index (Phi) is 8.05. The van der Waals surface area contributed by atoms with Crippen LogP contribution < -0.4 is 5.32 Å². The third-order valence-corrected chi connectivity index (χ3v) is 6.79. The molecule has 2 saturated heterocycles. The third-order valence-electron chi connectivity index (χ3n) is 4.88. The van der Waals surface area contributed by atoms with Gasteiger partial charge in [-0.1, -0.05) is 12.1 Å². The zero-order valence-electron chi connectivity index (χ0n) is 15.6. The lowest BCUT2D eigenvalue weighted by molar-refractivity contribution is -0.132. The van der Waals surface area contributed by atoms with Crippen LogP contribution in [0.3, 0.4) is 0 Å². The first kappa shape index (κ1) is 22.1. The molecule has 27 heavy (non-hydrogen) atoms. The Balaban J connectivity index is 0.00000261. The van der Waals surface area contributed by atoms with Gasteiger partial charge < -0.3 is 15.0 Å². The number of nitrogens with zero attached hydrogens (tertiary/aromatic N) is 2. The number of hydrogen-bond acceptors (Lipinski definition) is 5. The highest BCUT2D eigenvalue weighted by molar-refractivity contribution is 7.89. The monoisotopic (exact) mass is 417 g/mol. The molecule has 2 aliphatic rings. The minimum Gasteiger partial charge on any atom is -0.379 e. The van der Waals surface area contributed by atoms with Crippen molar-refractivity contribution in [2.75, 3.05) is 45.9 Å². The highest BCUT2D eigenvalue weighted by Gasteiger charge is 2.26. The van der Waals surface area contributed by atoms with Crippen LogP contribution in [0.1, 0.15) is 18.9 Å². The molecule has 152 valence electrons. The van der Waals surface area contributed by atoms with Gasteiger partial charge in [0.2, 0.25) is 15.9 Å². The number of carbonyl (C=O) groups is 1. The lowest BCUT2D eigenvalue weighted by Crippen LogP contribution is -2.51. The Hall–Kier alpha value is -1.19. The second kappa shape index (κ2) is 9.84. The Bertz CT molecular complexity index is 721. The average Bonchev–Trinajstić information content (AvgIpc) is 2.67. The normalized spacial score (nSPS) is 21.5. The van der Waals surface area contributed by atoms with Gasteiger partial charge in [-0.05, 0) is 31.0 Å². The maximum Gasteiger partial charge on any atom is 0.243 e. The number of benzene rings is 1. The van der Waals surface area contributed by atoms with Crippen LogP contribution >= 0.6 is 12.4 Å². The quantitative estimate of drug-likeness (QED) is 0.769. The number of sulfonamides is 1. The van der Waals surface area contributed by atoms with E-state index in [0.717, 1.165) is 25.2 Å². The molecule has 1 atom stereocenters. The van der Waals surface area contributed by atoms with Gasteiger partial charge in [-0.2, -0.15) is 4.31 Å². The number of amides is 1. The molecule has 1 unspecified atom stereocenters. The van der Waals surface area contributed by atoms with Crippen molar-refractivity contribution in [1.82, 2.24) is 14.5 Å². The largest absolute Gasteiger partial charge is 0.379 e. The van der Waals surface area contributed by atoms with Crippen molar-refractivity contribution in [2.24, 2.45) is 0 Å². The fourth-order valence-electron chi connectivity index (χ4n) is 3.33. The van der Waals surface area contributed by atoms with Gasteiger partial charge in [0, 0.05) is 45.2 Å². The number of hydrogen-bond donors (Lipinski definition) is 1. The maximum atomic E-state index is 12.6. The number of aryl methyl sites for hydroxylation is 1. The molecular weight excluding hydrogens is 390 g/mol. The molecule has 3 rings (SSSR count). The van der Waals surface area contributed by atoms with E-state index in [4.69, 9.17) is 4.74 Å². The van der Waals surface area contributed by atoms with Gasteiger partial charge in [-0.3, -0.25) is 4.79 Å². The molecule has 2 fully saturated rings. The topological polar surface area (TPSA) is 79.0 Å². The fourth-order valence-corrected chi connectivity index (χ4v) is 4.74. The molecule has 0 bridgehead atoms. The van der Waals surface area contributed by atoms with Crippen LogP contribution in [0.25, 0.3) is 0 Å². The summed E-state index contributed by atoms with van der Waals surface area (Å²) in [5, 5.41) is 3.33. The Morgan fingerprint density at radius 3 is 2.48 bits per heavy atom. The molecule has 0 aromatic heterocycles. The Morgan fingerprint density at radius 1 is 1.19 bits per heavy atom. The molecule has 0 saturated carbocycles. The molecule has 1 amide bonds.